The van der Waals surface area contributed by atoms with Crippen LogP contribution in [0.15, 0.2) is 17.6 Å². The summed E-state index contributed by atoms with van der Waals surface area (Å²) < 4.78 is 5.62. The van der Waals surface area contributed by atoms with Gasteiger partial charge in [0.25, 0.3) is 0 Å². The van der Waals surface area contributed by atoms with Gasteiger partial charge in [-0.05, 0) is 44.9 Å². The highest BCUT2D eigenvalue weighted by Crippen LogP contribution is 2.28. The second kappa shape index (κ2) is 10.7. The molecule has 0 unspecified atom stereocenters. The molecule has 0 atom stereocenters. The number of rotatable bonds is 11. The molecule has 1 N–H and O–H groups in total. The lowest BCUT2D eigenvalue weighted by molar-refractivity contribution is 0.123. The highest BCUT2D eigenvalue weighted by atomic mass is 16.5. The van der Waals surface area contributed by atoms with E-state index in [0.717, 1.165) is 64.0 Å². The van der Waals surface area contributed by atoms with E-state index in [0.29, 0.717) is 0 Å². The minimum atomic E-state index is 0.832. The molecule has 4 heteroatoms. The summed E-state index contributed by atoms with van der Waals surface area (Å²) in [4.78, 5) is 6.84. The Kier molecular flexibility index (Phi) is 9.13. The lowest BCUT2D eigenvalue weighted by atomic mass is 10.3. The van der Waals surface area contributed by atoms with Gasteiger partial charge < -0.3 is 15.0 Å². The third-order valence-electron chi connectivity index (χ3n) is 3.36. The second-order valence-electron chi connectivity index (χ2n) is 5.46. The molecule has 4 nitrogen and oxygen atoms in total. The highest BCUT2D eigenvalue weighted by molar-refractivity contribution is 5.79. The van der Waals surface area contributed by atoms with Gasteiger partial charge in [0.05, 0.1) is 0 Å². The molecule has 0 spiro atoms. The fourth-order valence-corrected chi connectivity index (χ4v) is 1.93. The summed E-state index contributed by atoms with van der Waals surface area (Å²) in [6.45, 7) is 10.4. The van der Waals surface area contributed by atoms with Crippen molar-refractivity contribution in [3.63, 3.8) is 0 Å². The number of guanidine groups is 1. The molecule has 1 aliphatic carbocycles. The molecule has 1 fully saturated rings. The number of unbranched alkanes of at least 4 members (excludes halogenated alkanes) is 1. The van der Waals surface area contributed by atoms with Crippen LogP contribution in [0.3, 0.4) is 0 Å². The van der Waals surface area contributed by atoms with E-state index in [-0.39, 0.29) is 0 Å². The van der Waals surface area contributed by atoms with Crippen molar-refractivity contribution in [1.82, 2.24) is 10.2 Å². The van der Waals surface area contributed by atoms with Gasteiger partial charge in [0.1, 0.15) is 0 Å². The van der Waals surface area contributed by atoms with Crippen LogP contribution in [-0.2, 0) is 4.74 Å². The van der Waals surface area contributed by atoms with E-state index >= 15 is 0 Å². The number of ether oxygens (including phenoxy) is 1. The minimum Gasteiger partial charge on any atom is -0.381 e. The van der Waals surface area contributed by atoms with E-state index in [1.165, 1.54) is 12.8 Å². The van der Waals surface area contributed by atoms with Crippen LogP contribution in [0.4, 0.5) is 0 Å². The Morgan fingerprint density at radius 1 is 1.45 bits per heavy atom. The van der Waals surface area contributed by atoms with Crippen LogP contribution in [0.2, 0.25) is 0 Å². The summed E-state index contributed by atoms with van der Waals surface area (Å²) in [5.74, 6) is 1.85. The zero-order valence-electron chi connectivity index (χ0n) is 13.2. The zero-order chi connectivity index (χ0) is 14.6. The van der Waals surface area contributed by atoms with Gasteiger partial charge >= 0.3 is 0 Å². The Labute approximate surface area is 124 Å². The molecule has 20 heavy (non-hydrogen) atoms. The number of nitrogens with zero attached hydrogens (tertiary/aromatic N) is 2. The van der Waals surface area contributed by atoms with E-state index in [2.05, 4.69) is 35.8 Å². The number of nitrogens with one attached hydrogen (secondary N) is 1. The first-order valence-corrected chi connectivity index (χ1v) is 7.96. The first kappa shape index (κ1) is 17.0. The quantitative estimate of drug-likeness (QED) is 0.274. The summed E-state index contributed by atoms with van der Waals surface area (Å²) in [6, 6.07) is 0. The lowest BCUT2D eigenvalue weighted by Gasteiger charge is -2.21. The van der Waals surface area contributed by atoms with Crippen LogP contribution < -0.4 is 5.32 Å². The van der Waals surface area contributed by atoms with E-state index in [1.54, 1.807) is 0 Å². The van der Waals surface area contributed by atoms with Crippen LogP contribution in [0.25, 0.3) is 0 Å². The average molecular weight is 281 g/mol. The Morgan fingerprint density at radius 2 is 2.25 bits per heavy atom. The molecule has 116 valence electrons. The predicted molar refractivity (Wildman–Crippen MR) is 86.2 cm³/mol. The number of hydrogen-bond donors (Lipinski definition) is 1. The van der Waals surface area contributed by atoms with Crippen molar-refractivity contribution in [2.75, 3.05) is 39.9 Å². The van der Waals surface area contributed by atoms with Gasteiger partial charge in [-0.1, -0.05) is 6.08 Å². The summed E-state index contributed by atoms with van der Waals surface area (Å²) in [5, 5.41) is 3.34. The molecule has 0 aliphatic heterocycles. The monoisotopic (exact) mass is 281 g/mol. The lowest BCUT2D eigenvalue weighted by Crippen LogP contribution is -2.39. The van der Waals surface area contributed by atoms with Gasteiger partial charge in [-0.25, -0.2) is 0 Å². The summed E-state index contributed by atoms with van der Waals surface area (Å²) in [7, 11) is 2.09. The summed E-state index contributed by atoms with van der Waals surface area (Å²) >= 11 is 0. The Bertz CT molecular complexity index is 287. The maximum Gasteiger partial charge on any atom is 0.193 e. The van der Waals surface area contributed by atoms with Crippen molar-refractivity contribution in [3.8, 4) is 0 Å². The molecule has 0 aromatic carbocycles. The van der Waals surface area contributed by atoms with Gasteiger partial charge in [0.15, 0.2) is 5.96 Å². The van der Waals surface area contributed by atoms with Crippen molar-refractivity contribution < 1.29 is 4.74 Å². The molecule has 0 radical (unpaired) electrons. The molecule has 0 bridgehead atoms. The molecule has 0 aromatic rings. The fourth-order valence-electron chi connectivity index (χ4n) is 1.93. The zero-order valence-corrected chi connectivity index (χ0v) is 13.2. The molecule has 0 saturated heterocycles. The van der Waals surface area contributed by atoms with Crippen molar-refractivity contribution in [3.05, 3.63) is 12.7 Å². The maximum absolute atomic E-state index is 5.62. The molecular weight excluding hydrogens is 250 g/mol. The van der Waals surface area contributed by atoms with Gasteiger partial charge in [0, 0.05) is 39.9 Å². The third-order valence-corrected chi connectivity index (χ3v) is 3.36. The standard InChI is InChI=1S/C16H31N3O/c1-4-6-7-12-19(3)16(17-5-2)18-11-8-13-20-14-15-9-10-15/h4,15H,1,5-14H2,2-3H3,(H,17,18). The van der Waals surface area contributed by atoms with Crippen molar-refractivity contribution in [2.24, 2.45) is 10.9 Å². The Morgan fingerprint density at radius 3 is 2.90 bits per heavy atom. The SMILES string of the molecule is C=CCCCN(C)C(=NCCCOCC1CC1)NCC. The van der Waals surface area contributed by atoms with Crippen molar-refractivity contribution >= 4 is 5.96 Å². The minimum absolute atomic E-state index is 0.832. The topological polar surface area (TPSA) is 36.9 Å². The molecular formula is C16H31N3O. The fraction of sp³-hybridized carbons (Fsp3) is 0.812. The molecule has 0 amide bonds. The first-order valence-electron chi connectivity index (χ1n) is 7.96. The molecule has 1 aliphatic rings. The van der Waals surface area contributed by atoms with Gasteiger partial charge in [-0.2, -0.15) is 0 Å². The average Bonchev–Trinajstić information content (AvgIpc) is 3.25. The molecule has 0 aromatic heterocycles. The largest absolute Gasteiger partial charge is 0.381 e. The van der Waals surface area contributed by atoms with E-state index < -0.39 is 0 Å². The number of aliphatic imine (C=N–C) groups is 1. The predicted octanol–water partition coefficient (Wildman–Crippen LogP) is 2.67. The second-order valence-corrected chi connectivity index (χ2v) is 5.46. The normalized spacial score (nSPS) is 15.2. The first-order chi connectivity index (χ1) is 9.77. The van der Waals surface area contributed by atoms with Crippen molar-refractivity contribution in [2.45, 2.75) is 39.0 Å². The Hall–Kier alpha value is -1.03. The van der Waals surface area contributed by atoms with Gasteiger partial charge in [-0.15, -0.1) is 6.58 Å². The van der Waals surface area contributed by atoms with Crippen LogP contribution in [-0.4, -0.2) is 50.8 Å². The van der Waals surface area contributed by atoms with E-state index in [1.807, 2.05) is 6.08 Å². The number of allylic oxidation sites excluding steroid dienone is 1. The van der Waals surface area contributed by atoms with Crippen LogP contribution >= 0.6 is 0 Å². The maximum atomic E-state index is 5.62. The van der Waals surface area contributed by atoms with Crippen LogP contribution in [0.1, 0.15) is 39.0 Å². The summed E-state index contributed by atoms with van der Waals surface area (Å²) in [5.41, 5.74) is 0. The van der Waals surface area contributed by atoms with Gasteiger partial charge in [-0.3, -0.25) is 4.99 Å². The van der Waals surface area contributed by atoms with E-state index in [9.17, 15) is 0 Å². The van der Waals surface area contributed by atoms with Crippen LogP contribution in [0, 0.1) is 5.92 Å². The molecule has 0 heterocycles. The highest BCUT2D eigenvalue weighted by Gasteiger charge is 2.20. The molecule has 1 rings (SSSR count). The van der Waals surface area contributed by atoms with Gasteiger partial charge in [0.2, 0.25) is 0 Å². The third kappa shape index (κ3) is 8.20. The van der Waals surface area contributed by atoms with Crippen molar-refractivity contribution in [1.29, 1.82) is 0 Å². The smallest absolute Gasteiger partial charge is 0.193 e. The van der Waals surface area contributed by atoms with E-state index in [4.69, 9.17) is 4.74 Å². The van der Waals surface area contributed by atoms with Crippen LogP contribution in [0.5, 0.6) is 0 Å². The summed E-state index contributed by atoms with van der Waals surface area (Å²) in [6.07, 6.45) is 7.86. The molecule has 1 saturated carbocycles. The number of hydrogen-bond acceptors (Lipinski definition) is 2. The Balaban J connectivity index is 2.15.